The molecular formula is C25H27FN2O3S2. The number of rotatable bonds is 10. The lowest BCUT2D eigenvalue weighted by molar-refractivity contribution is -0.119. The lowest BCUT2D eigenvalue weighted by atomic mass is 10.1. The predicted molar refractivity (Wildman–Crippen MR) is 132 cm³/mol. The summed E-state index contributed by atoms with van der Waals surface area (Å²) in [4.78, 5) is 13.6. The van der Waals surface area contributed by atoms with Gasteiger partial charge < -0.3 is 5.32 Å². The predicted octanol–water partition coefficient (Wildman–Crippen LogP) is 4.80. The zero-order valence-electron chi connectivity index (χ0n) is 18.6. The number of aryl methyl sites for hydroxylation is 2. The first-order valence-electron chi connectivity index (χ1n) is 10.5. The van der Waals surface area contributed by atoms with E-state index in [-0.39, 0.29) is 10.6 Å². The fraction of sp³-hybridized carbons (Fsp3) is 0.240. The van der Waals surface area contributed by atoms with Gasteiger partial charge in [0.05, 0.1) is 10.6 Å². The van der Waals surface area contributed by atoms with Crippen molar-refractivity contribution in [2.45, 2.75) is 29.6 Å². The van der Waals surface area contributed by atoms with Gasteiger partial charge in [-0.1, -0.05) is 35.9 Å². The van der Waals surface area contributed by atoms with Crippen molar-refractivity contribution in [2.75, 3.05) is 23.7 Å². The molecule has 0 fully saturated rings. The highest BCUT2D eigenvalue weighted by atomic mass is 32.2. The molecule has 3 aromatic carbocycles. The van der Waals surface area contributed by atoms with Crippen molar-refractivity contribution in [2.24, 2.45) is 0 Å². The summed E-state index contributed by atoms with van der Waals surface area (Å²) in [7, 11) is -4.07. The highest BCUT2D eigenvalue weighted by Crippen LogP contribution is 2.26. The smallest absolute Gasteiger partial charge is 0.264 e. The highest BCUT2D eigenvalue weighted by molar-refractivity contribution is 7.98. The zero-order valence-corrected chi connectivity index (χ0v) is 20.3. The first-order chi connectivity index (χ1) is 15.8. The van der Waals surface area contributed by atoms with Crippen molar-refractivity contribution < 1.29 is 17.6 Å². The summed E-state index contributed by atoms with van der Waals surface area (Å²) in [5.41, 5.74) is 2.46. The van der Waals surface area contributed by atoms with Crippen LogP contribution in [0.1, 0.15) is 17.5 Å². The molecule has 0 spiro atoms. The SMILES string of the molecule is CSc1ccc(S(=O)(=O)N(CC(=O)NCCCc2cccc(C)c2)c2cccc(F)c2)cc1. The van der Waals surface area contributed by atoms with E-state index >= 15 is 0 Å². The summed E-state index contributed by atoms with van der Waals surface area (Å²) >= 11 is 1.49. The van der Waals surface area contributed by atoms with E-state index in [0.717, 1.165) is 28.1 Å². The second kappa shape index (κ2) is 11.3. The molecule has 8 heteroatoms. The Morgan fingerprint density at radius 3 is 2.42 bits per heavy atom. The van der Waals surface area contributed by atoms with Crippen LogP contribution in [-0.2, 0) is 21.2 Å². The lowest BCUT2D eigenvalue weighted by Gasteiger charge is -2.24. The number of hydrogen-bond acceptors (Lipinski definition) is 4. The molecule has 0 aliphatic heterocycles. The van der Waals surface area contributed by atoms with Gasteiger partial charge >= 0.3 is 0 Å². The Hall–Kier alpha value is -2.84. The van der Waals surface area contributed by atoms with Crippen molar-refractivity contribution in [1.29, 1.82) is 0 Å². The average Bonchev–Trinajstić information content (AvgIpc) is 2.80. The van der Waals surface area contributed by atoms with Crippen molar-refractivity contribution in [3.8, 4) is 0 Å². The number of benzene rings is 3. The van der Waals surface area contributed by atoms with E-state index in [2.05, 4.69) is 11.4 Å². The van der Waals surface area contributed by atoms with E-state index in [1.54, 1.807) is 12.1 Å². The van der Waals surface area contributed by atoms with E-state index in [1.807, 2.05) is 31.4 Å². The molecule has 0 atom stereocenters. The molecule has 0 bridgehead atoms. The third-order valence-corrected chi connectivity index (χ3v) is 7.61. The first kappa shape index (κ1) is 24.8. The van der Waals surface area contributed by atoms with E-state index in [1.165, 1.54) is 53.2 Å². The maximum Gasteiger partial charge on any atom is 0.264 e. The Morgan fingerprint density at radius 1 is 1.03 bits per heavy atom. The third kappa shape index (κ3) is 6.82. The van der Waals surface area contributed by atoms with Gasteiger partial charge in [-0.3, -0.25) is 9.10 Å². The van der Waals surface area contributed by atoms with Gasteiger partial charge in [0.2, 0.25) is 5.91 Å². The van der Waals surface area contributed by atoms with Crippen LogP contribution in [0.4, 0.5) is 10.1 Å². The van der Waals surface area contributed by atoms with Gasteiger partial charge in [-0.2, -0.15) is 0 Å². The molecule has 174 valence electrons. The van der Waals surface area contributed by atoms with Crippen LogP contribution in [0, 0.1) is 12.7 Å². The number of amides is 1. The minimum absolute atomic E-state index is 0.0387. The molecule has 33 heavy (non-hydrogen) atoms. The summed E-state index contributed by atoms with van der Waals surface area (Å²) < 4.78 is 41.5. The second-order valence-electron chi connectivity index (χ2n) is 7.61. The summed E-state index contributed by atoms with van der Waals surface area (Å²) in [5.74, 6) is -1.03. The van der Waals surface area contributed by atoms with Crippen molar-refractivity contribution in [3.63, 3.8) is 0 Å². The number of hydrogen-bond donors (Lipinski definition) is 1. The van der Waals surface area contributed by atoms with Crippen LogP contribution in [0.25, 0.3) is 0 Å². The topological polar surface area (TPSA) is 66.5 Å². The Bertz CT molecular complexity index is 1200. The number of carbonyl (C=O) groups is 1. The maximum absolute atomic E-state index is 13.9. The fourth-order valence-corrected chi connectivity index (χ4v) is 5.22. The number of thioether (sulfide) groups is 1. The van der Waals surface area contributed by atoms with Gasteiger partial charge in [0.15, 0.2) is 0 Å². The largest absolute Gasteiger partial charge is 0.355 e. The molecule has 0 saturated carbocycles. The fourth-order valence-electron chi connectivity index (χ4n) is 3.40. The minimum atomic E-state index is -4.07. The first-order valence-corrected chi connectivity index (χ1v) is 13.2. The number of carbonyl (C=O) groups excluding carboxylic acids is 1. The Kier molecular flexibility index (Phi) is 8.52. The number of nitrogens with zero attached hydrogens (tertiary/aromatic N) is 1. The molecule has 3 aromatic rings. The number of nitrogens with one attached hydrogen (secondary N) is 1. The molecule has 0 heterocycles. The van der Waals surface area contributed by atoms with Gasteiger partial charge in [-0.05, 0) is 74.0 Å². The van der Waals surface area contributed by atoms with E-state index in [4.69, 9.17) is 0 Å². The summed E-state index contributed by atoms with van der Waals surface area (Å²) in [6, 6.07) is 19.8. The van der Waals surface area contributed by atoms with Crippen molar-refractivity contribution >= 4 is 33.4 Å². The Labute approximate surface area is 199 Å². The van der Waals surface area contributed by atoms with Crippen LogP contribution < -0.4 is 9.62 Å². The molecular weight excluding hydrogens is 459 g/mol. The van der Waals surface area contributed by atoms with Crippen LogP contribution in [0.5, 0.6) is 0 Å². The highest BCUT2D eigenvalue weighted by Gasteiger charge is 2.27. The van der Waals surface area contributed by atoms with E-state index in [9.17, 15) is 17.6 Å². The molecule has 5 nitrogen and oxygen atoms in total. The number of sulfonamides is 1. The molecule has 0 saturated heterocycles. The van der Waals surface area contributed by atoms with Crippen LogP contribution in [0.3, 0.4) is 0 Å². The normalized spacial score (nSPS) is 11.2. The minimum Gasteiger partial charge on any atom is -0.355 e. The monoisotopic (exact) mass is 486 g/mol. The standard InChI is InChI=1S/C25H27FN2O3S2/c1-19-6-3-7-20(16-19)8-5-15-27-25(29)18-28(22-10-4-9-21(26)17-22)33(30,31)24-13-11-23(32-2)12-14-24/h3-4,6-7,9-14,16-17H,5,8,15,18H2,1-2H3,(H,27,29). The summed E-state index contributed by atoms with van der Waals surface area (Å²) in [6.45, 7) is 1.99. The molecule has 0 aliphatic rings. The van der Waals surface area contributed by atoms with Crippen LogP contribution >= 0.6 is 11.8 Å². The molecule has 0 aliphatic carbocycles. The maximum atomic E-state index is 13.9. The quantitative estimate of drug-likeness (QED) is 0.330. The molecule has 0 radical (unpaired) electrons. The van der Waals surface area contributed by atoms with Crippen LogP contribution in [0.2, 0.25) is 0 Å². The molecule has 1 amide bonds. The second-order valence-corrected chi connectivity index (χ2v) is 10.4. The van der Waals surface area contributed by atoms with Gasteiger partial charge in [0, 0.05) is 11.4 Å². The summed E-state index contributed by atoms with van der Waals surface area (Å²) in [5, 5.41) is 2.78. The molecule has 3 rings (SSSR count). The Morgan fingerprint density at radius 2 is 1.76 bits per heavy atom. The van der Waals surface area contributed by atoms with Crippen LogP contribution in [0.15, 0.2) is 82.6 Å². The number of halogens is 1. The van der Waals surface area contributed by atoms with Gasteiger partial charge in [0.1, 0.15) is 12.4 Å². The van der Waals surface area contributed by atoms with Gasteiger partial charge in [0.25, 0.3) is 10.0 Å². The van der Waals surface area contributed by atoms with Crippen molar-refractivity contribution in [1.82, 2.24) is 5.32 Å². The lowest BCUT2D eigenvalue weighted by Crippen LogP contribution is -2.41. The average molecular weight is 487 g/mol. The van der Waals surface area contributed by atoms with Gasteiger partial charge in [-0.25, -0.2) is 12.8 Å². The summed E-state index contributed by atoms with van der Waals surface area (Å²) in [6.07, 6.45) is 3.42. The molecule has 0 aromatic heterocycles. The van der Waals surface area contributed by atoms with E-state index < -0.39 is 28.3 Å². The van der Waals surface area contributed by atoms with E-state index in [0.29, 0.717) is 6.54 Å². The third-order valence-electron chi connectivity index (χ3n) is 5.08. The van der Waals surface area contributed by atoms with Crippen molar-refractivity contribution in [3.05, 3.63) is 89.7 Å². The number of anilines is 1. The Balaban J connectivity index is 1.72. The van der Waals surface area contributed by atoms with Gasteiger partial charge in [-0.15, -0.1) is 11.8 Å². The zero-order chi connectivity index (χ0) is 23.8. The molecule has 1 N–H and O–H groups in total. The van der Waals surface area contributed by atoms with Crippen LogP contribution in [-0.4, -0.2) is 33.7 Å². The molecule has 0 unspecified atom stereocenters.